The Balaban J connectivity index is 1.56. The van der Waals surface area contributed by atoms with Crippen LogP contribution in [-0.4, -0.2) is 36.3 Å². The molecule has 4 rings (SSSR count). The van der Waals surface area contributed by atoms with Crippen molar-refractivity contribution in [1.82, 2.24) is 10.2 Å². The van der Waals surface area contributed by atoms with Crippen LogP contribution in [0.3, 0.4) is 0 Å². The fourth-order valence-corrected chi connectivity index (χ4v) is 4.99. The lowest BCUT2D eigenvalue weighted by Gasteiger charge is -2.35. The number of nitrogens with zero attached hydrogens (tertiary/aromatic N) is 2. The van der Waals surface area contributed by atoms with Crippen LogP contribution in [0.2, 0.25) is 0 Å². The first-order valence-electron chi connectivity index (χ1n) is 11.7. The molecular formula is C27H31N3O2. The van der Waals surface area contributed by atoms with Crippen LogP contribution in [0.4, 0.5) is 0 Å². The molecule has 2 aromatic rings. The summed E-state index contributed by atoms with van der Waals surface area (Å²) in [6.45, 7) is 5.89. The van der Waals surface area contributed by atoms with Gasteiger partial charge in [-0.05, 0) is 86.3 Å². The predicted octanol–water partition coefficient (Wildman–Crippen LogP) is 4.90. The van der Waals surface area contributed by atoms with Gasteiger partial charge in [0.15, 0.2) is 0 Å². The molecule has 1 saturated heterocycles. The smallest absolute Gasteiger partial charge is 0.254 e. The van der Waals surface area contributed by atoms with Crippen LogP contribution in [-0.2, 0) is 0 Å². The van der Waals surface area contributed by atoms with E-state index in [1.165, 1.54) is 5.56 Å². The number of piperidine rings is 1. The van der Waals surface area contributed by atoms with Crippen molar-refractivity contribution in [2.24, 2.45) is 0 Å². The molecule has 0 radical (unpaired) electrons. The molecule has 5 nitrogen and oxygen atoms in total. The highest BCUT2D eigenvalue weighted by Crippen LogP contribution is 2.41. The first kappa shape index (κ1) is 22.1. The van der Waals surface area contributed by atoms with Crippen molar-refractivity contribution < 1.29 is 9.59 Å². The molecule has 1 aliphatic carbocycles. The number of nitrogens with one attached hydrogen (secondary N) is 1. The third-order valence-electron chi connectivity index (χ3n) is 7.06. The van der Waals surface area contributed by atoms with Crippen LogP contribution in [0.25, 0.3) is 0 Å². The number of rotatable bonds is 5. The quantitative estimate of drug-likeness (QED) is 0.734. The minimum atomic E-state index is -0.0806. The molecule has 2 aliphatic rings. The summed E-state index contributed by atoms with van der Waals surface area (Å²) in [5.41, 5.74) is 5.24. The highest BCUT2D eigenvalue weighted by molar-refractivity contribution is 6.03. The second-order valence-corrected chi connectivity index (χ2v) is 9.01. The summed E-state index contributed by atoms with van der Waals surface area (Å²) in [5.74, 6) is 0.681. The molecule has 32 heavy (non-hydrogen) atoms. The highest BCUT2D eigenvalue weighted by atomic mass is 16.2. The Morgan fingerprint density at radius 3 is 2.28 bits per heavy atom. The number of nitriles is 1. The summed E-state index contributed by atoms with van der Waals surface area (Å²) in [7, 11) is 0. The number of amides is 2. The van der Waals surface area contributed by atoms with Crippen LogP contribution < -0.4 is 5.32 Å². The standard InChI is InChI=1S/C27H31N3O2/c1-3-29-26(31)23-12-7-18(2)24(25(23)22-5-4-6-22)27(32)30-15-13-21(14-16-30)20-10-8-19(17-28)9-11-20/h7-12,21-22H,3-6,13-16H2,1-2H3,(H,29,31). The molecule has 1 N–H and O–H groups in total. The number of carbonyl (C=O) groups excluding carboxylic acids is 2. The Labute approximate surface area is 190 Å². The van der Waals surface area contributed by atoms with Gasteiger partial charge in [0.1, 0.15) is 0 Å². The lowest BCUT2D eigenvalue weighted by Crippen LogP contribution is -2.39. The maximum absolute atomic E-state index is 13.7. The van der Waals surface area contributed by atoms with Gasteiger partial charge in [-0.15, -0.1) is 0 Å². The molecule has 0 unspecified atom stereocenters. The van der Waals surface area contributed by atoms with Gasteiger partial charge in [0.25, 0.3) is 11.8 Å². The summed E-state index contributed by atoms with van der Waals surface area (Å²) in [5, 5.41) is 11.9. The minimum Gasteiger partial charge on any atom is -0.352 e. The number of benzene rings is 2. The van der Waals surface area contributed by atoms with Gasteiger partial charge >= 0.3 is 0 Å². The zero-order valence-corrected chi connectivity index (χ0v) is 19.0. The monoisotopic (exact) mass is 429 g/mol. The van der Waals surface area contributed by atoms with E-state index in [4.69, 9.17) is 5.26 Å². The van der Waals surface area contributed by atoms with Crippen LogP contribution in [0.1, 0.15) is 93.8 Å². The third-order valence-corrected chi connectivity index (χ3v) is 7.06. The Hall–Kier alpha value is -3.13. The van der Waals surface area contributed by atoms with Crippen LogP contribution in [0.5, 0.6) is 0 Å². The number of hydrogen-bond acceptors (Lipinski definition) is 3. The summed E-state index contributed by atoms with van der Waals surface area (Å²) in [6.07, 6.45) is 5.04. The number of likely N-dealkylation sites (tertiary alicyclic amines) is 1. The lowest BCUT2D eigenvalue weighted by molar-refractivity contribution is 0.0710. The lowest BCUT2D eigenvalue weighted by atomic mass is 9.74. The van der Waals surface area contributed by atoms with E-state index in [9.17, 15) is 9.59 Å². The van der Waals surface area contributed by atoms with E-state index in [1.54, 1.807) is 0 Å². The van der Waals surface area contributed by atoms with Gasteiger partial charge in [0.05, 0.1) is 11.6 Å². The van der Waals surface area contributed by atoms with Crippen molar-refractivity contribution in [3.05, 3.63) is 69.8 Å². The molecule has 5 heteroatoms. The van der Waals surface area contributed by atoms with Gasteiger partial charge in [-0.3, -0.25) is 9.59 Å². The van der Waals surface area contributed by atoms with E-state index in [-0.39, 0.29) is 11.8 Å². The largest absolute Gasteiger partial charge is 0.352 e. The zero-order chi connectivity index (χ0) is 22.7. The minimum absolute atomic E-state index is 0.0637. The van der Waals surface area contributed by atoms with E-state index in [2.05, 4.69) is 11.4 Å². The zero-order valence-electron chi connectivity index (χ0n) is 19.0. The first-order chi connectivity index (χ1) is 15.5. The maximum atomic E-state index is 13.7. The van der Waals surface area contributed by atoms with Gasteiger partial charge in [-0.1, -0.05) is 24.6 Å². The van der Waals surface area contributed by atoms with Crippen molar-refractivity contribution in [3.63, 3.8) is 0 Å². The Bertz CT molecular complexity index is 1040. The van der Waals surface area contributed by atoms with Gasteiger partial charge in [0, 0.05) is 30.8 Å². The van der Waals surface area contributed by atoms with Gasteiger partial charge in [-0.2, -0.15) is 5.26 Å². The normalized spacial score (nSPS) is 16.8. The first-order valence-corrected chi connectivity index (χ1v) is 11.7. The second kappa shape index (κ2) is 9.56. The number of carbonyl (C=O) groups is 2. The molecule has 2 aromatic carbocycles. The topological polar surface area (TPSA) is 73.2 Å². The molecule has 2 fully saturated rings. The average Bonchev–Trinajstić information content (AvgIpc) is 2.78. The summed E-state index contributed by atoms with van der Waals surface area (Å²) in [4.78, 5) is 28.4. The summed E-state index contributed by atoms with van der Waals surface area (Å²) >= 11 is 0. The van der Waals surface area contributed by atoms with E-state index in [1.807, 2.05) is 55.1 Å². The van der Waals surface area contributed by atoms with E-state index in [0.29, 0.717) is 42.6 Å². The van der Waals surface area contributed by atoms with Crippen LogP contribution >= 0.6 is 0 Å². The third kappa shape index (κ3) is 4.27. The van der Waals surface area contributed by atoms with Crippen LogP contribution in [0, 0.1) is 18.3 Å². The van der Waals surface area contributed by atoms with Crippen molar-refractivity contribution >= 4 is 11.8 Å². The number of aryl methyl sites for hydroxylation is 1. The SMILES string of the molecule is CCNC(=O)c1ccc(C)c(C(=O)N2CCC(c3ccc(C#N)cc3)CC2)c1C1CCC1. The van der Waals surface area contributed by atoms with Gasteiger partial charge in [-0.25, -0.2) is 0 Å². The average molecular weight is 430 g/mol. The van der Waals surface area contributed by atoms with Crippen molar-refractivity contribution in [2.45, 2.75) is 57.8 Å². The molecular weight excluding hydrogens is 398 g/mol. The molecule has 0 spiro atoms. The molecule has 1 heterocycles. The molecule has 1 aliphatic heterocycles. The Morgan fingerprint density at radius 1 is 1.03 bits per heavy atom. The Morgan fingerprint density at radius 2 is 1.72 bits per heavy atom. The van der Waals surface area contributed by atoms with Crippen molar-refractivity contribution in [2.75, 3.05) is 19.6 Å². The molecule has 2 amide bonds. The fraction of sp³-hybridized carbons (Fsp3) is 0.444. The fourth-order valence-electron chi connectivity index (χ4n) is 4.99. The van der Waals surface area contributed by atoms with Crippen molar-refractivity contribution in [3.8, 4) is 6.07 Å². The summed E-state index contributed by atoms with van der Waals surface area (Å²) in [6, 6.07) is 13.8. The number of hydrogen-bond donors (Lipinski definition) is 1. The Kier molecular flexibility index (Phi) is 6.60. The summed E-state index contributed by atoms with van der Waals surface area (Å²) < 4.78 is 0. The second-order valence-electron chi connectivity index (χ2n) is 9.01. The van der Waals surface area contributed by atoms with Crippen LogP contribution in [0.15, 0.2) is 36.4 Å². The molecule has 1 saturated carbocycles. The van der Waals surface area contributed by atoms with E-state index >= 15 is 0 Å². The molecule has 0 aromatic heterocycles. The van der Waals surface area contributed by atoms with Gasteiger partial charge in [0.2, 0.25) is 0 Å². The van der Waals surface area contributed by atoms with Gasteiger partial charge < -0.3 is 10.2 Å². The molecule has 0 atom stereocenters. The predicted molar refractivity (Wildman–Crippen MR) is 125 cm³/mol. The van der Waals surface area contributed by atoms with E-state index < -0.39 is 0 Å². The van der Waals surface area contributed by atoms with E-state index in [0.717, 1.165) is 48.8 Å². The molecule has 166 valence electrons. The highest BCUT2D eigenvalue weighted by Gasteiger charge is 2.33. The van der Waals surface area contributed by atoms with Crippen molar-refractivity contribution in [1.29, 1.82) is 5.26 Å². The molecule has 0 bridgehead atoms. The maximum Gasteiger partial charge on any atom is 0.254 e.